The minimum atomic E-state index is -4.44. The van der Waals surface area contributed by atoms with Crippen LogP contribution in [0.2, 0.25) is 0 Å². The Morgan fingerprint density at radius 1 is 0.861 bits per heavy atom. The molecule has 1 saturated heterocycles. The van der Waals surface area contributed by atoms with Gasteiger partial charge in [-0.25, -0.2) is 8.42 Å². The van der Waals surface area contributed by atoms with E-state index < -0.39 is 27.8 Å². The lowest BCUT2D eigenvalue weighted by molar-refractivity contribution is -0.137. The Labute approximate surface area is 208 Å². The molecule has 0 bridgehead atoms. The van der Waals surface area contributed by atoms with Gasteiger partial charge < -0.3 is 9.80 Å². The summed E-state index contributed by atoms with van der Waals surface area (Å²) in [5, 5.41) is 0. The number of nitrogens with one attached hydrogen (secondary N) is 1. The molecule has 1 aliphatic rings. The summed E-state index contributed by atoms with van der Waals surface area (Å²) in [6, 6.07) is 21.0. The van der Waals surface area contributed by atoms with Crippen LogP contribution in [0.1, 0.15) is 11.1 Å². The molecule has 6 nitrogen and oxygen atoms in total. The highest BCUT2D eigenvalue weighted by molar-refractivity contribution is 7.89. The van der Waals surface area contributed by atoms with Gasteiger partial charge >= 0.3 is 6.18 Å². The maximum Gasteiger partial charge on any atom is 0.416 e. The summed E-state index contributed by atoms with van der Waals surface area (Å²) in [5.41, 5.74) is 0.508. The summed E-state index contributed by atoms with van der Waals surface area (Å²) in [5.74, 6) is -0.373. The van der Waals surface area contributed by atoms with Crippen molar-refractivity contribution < 1.29 is 26.4 Å². The van der Waals surface area contributed by atoms with Crippen molar-refractivity contribution in [2.75, 3.05) is 31.1 Å². The molecule has 10 heteroatoms. The molecule has 36 heavy (non-hydrogen) atoms. The molecule has 0 saturated carbocycles. The number of carbonyl (C=O) groups excluding carboxylic acids is 1. The maximum atomic E-state index is 13.5. The zero-order valence-corrected chi connectivity index (χ0v) is 20.2. The third-order valence-electron chi connectivity index (χ3n) is 6.06. The van der Waals surface area contributed by atoms with Gasteiger partial charge in [-0.15, -0.1) is 0 Å². The third kappa shape index (κ3) is 6.24. The number of sulfonamides is 1. The van der Waals surface area contributed by atoms with Gasteiger partial charge in [-0.05, 0) is 42.3 Å². The first-order valence-electron chi connectivity index (χ1n) is 11.5. The largest absolute Gasteiger partial charge is 0.416 e. The molecule has 4 rings (SSSR count). The highest BCUT2D eigenvalue weighted by atomic mass is 32.2. The van der Waals surface area contributed by atoms with Gasteiger partial charge in [0.2, 0.25) is 15.9 Å². The monoisotopic (exact) mass is 517 g/mol. The highest BCUT2D eigenvalue weighted by Crippen LogP contribution is 2.32. The smallest absolute Gasteiger partial charge is 0.368 e. The predicted molar refractivity (Wildman–Crippen MR) is 131 cm³/mol. The molecule has 1 N–H and O–H groups in total. The number of halogens is 3. The number of benzene rings is 3. The fourth-order valence-corrected chi connectivity index (χ4v) is 5.38. The molecule has 3 aromatic rings. The second kappa shape index (κ2) is 10.7. The number of hydrogen-bond acceptors (Lipinski definition) is 4. The van der Waals surface area contributed by atoms with Crippen LogP contribution in [0.25, 0.3) is 0 Å². The van der Waals surface area contributed by atoms with Gasteiger partial charge in [0, 0.05) is 31.9 Å². The van der Waals surface area contributed by atoms with E-state index in [-0.39, 0.29) is 30.3 Å². The fraction of sp³-hybridized carbons (Fsp3) is 0.269. The highest BCUT2D eigenvalue weighted by Gasteiger charge is 2.33. The summed E-state index contributed by atoms with van der Waals surface area (Å²) in [7, 11) is -3.95. The van der Waals surface area contributed by atoms with Crippen LogP contribution in [0.5, 0.6) is 0 Å². The van der Waals surface area contributed by atoms with Crippen LogP contribution >= 0.6 is 0 Å². The van der Waals surface area contributed by atoms with Gasteiger partial charge in [-0.3, -0.25) is 4.79 Å². The van der Waals surface area contributed by atoms with E-state index in [9.17, 15) is 26.4 Å². The van der Waals surface area contributed by atoms with Crippen LogP contribution in [0.4, 0.5) is 18.9 Å². The molecule has 0 spiro atoms. The average molecular weight is 518 g/mol. The Bertz CT molecular complexity index is 1280. The van der Waals surface area contributed by atoms with E-state index in [0.717, 1.165) is 17.7 Å². The lowest BCUT2D eigenvalue weighted by Gasteiger charge is -2.37. The van der Waals surface area contributed by atoms with Crippen LogP contribution in [0.15, 0.2) is 89.8 Å². The summed E-state index contributed by atoms with van der Waals surface area (Å²) < 4.78 is 67.8. The zero-order chi connectivity index (χ0) is 25.8. The van der Waals surface area contributed by atoms with E-state index in [1.807, 2.05) is 30.3 Å². The summed E-state index contributed by atoms with van der Waals surface area (Å²) >= 11 is 0. The summed E-state index contributed by atoms with van der Waals surface area (Å²) in [4.78, 5) is 16.9. The van der Waals surface area contributed by atoms with Crippen LogP contribution in [0.3, 0.4) is 0 Å². The molecule has 1 amide bonds. The first-order chi connectivity index (χ1) is 17.1. The van der Waals surface area contributed by atoms with Gasteiger partial charge in [0.1, 0.15) is 6.04 Å². The van der Waals surface area contributed by atoms with Crippen molar-refractivity contribution in [2.24, 2.45) is 0 Å². The van der Waals surface area contributed by atoms with Gasteiger partial charge in [-0.1, -0.05) is 54.6 Å². The molecule has 0 unspecified atom stereocenters. The van der Waals surface area contributed by atoms with Gasteiger partial charge in [-0.2, -0.15) is 17.9 Å². The van der Waals surface area contributed by atoms with E-state index in [4.69, 9.17) is 0 Å². The molecule has 1 fully saturated rings. The first kappa shape index (κ1) is 25.7. The van der Waals surface area contributed by atoms with E-state index in [0.29, 0.717) is 18.8 Å². The molecular weight excluding hydrogens is 491 g/mol. The van der Waals surface area contributed by atoms with Crippen molar-refractivity contribution in [3.8, 4) is 0 Å². The number of rotatable bonds is 7. The standard InChI is InChI=1S/C26H26F3N3O3S/c27-26(28,29)21-10-7-11-22(19-21)31-14-16-32(17-15-31)25(33)24(18-20-8-3-1-4-9-20)30-36(34,35)23-12-5-2-6-13-23/h1-13,19,24,30H,14-18H2/t24-/m0/s1. The lowest BCUT2D eigenvalue weighted by atomic mass is 10.1. The SMILES string of the molecule is O=C([C@H](Cc1ccccc1)NS(=O)(=O)c1ccccc1)N1CCN(c2cccc(C(F)(F)F)c2)CC1. The minimum Gasteiger partial charge on any atom is -0.368 e. The molecule has 1 atom stereocenters. The molecule has 0 aliphatic carbocycles. The van der Waals surface area contributed by atoms with E-state index in [2.05, 4.69) is 4.72 Å². The fourth-order valence-electron chi connectivity index (χ4n) is 4.17. The van der Waals surface area contributed by atoms with E-state index in [1.54, 1.807) is 34.1 Å². The number of anilines is 1. The van der Waals surface area contributed by atoms with Crippen LogP contribution in [0, 0.1) is 0 Å². The predicted octanol–water partition coefficient (Wildman–Crippen LogP) is 3.94. The van der Waals surface area contributed by atoms with Gasteiger partial charge in [0.25, 0.3) is 0 Å². The van der Waals surface area contributed by atoms with Gasteiger partial charge in [0.05, 0.1) is 10.5 Å². The topological polar surface area (TPSA) is 69.7 Å². The number of piperazine rings is 1. The Hall–Kier alpha value is -3.37. The number of alkyl halides is 3. The zero-order valence-electron chi connectivity index (χ0n) is 19.4. The normalized spacial score (nSPS) is 15.5. The first-order valence-corrected chi connectivity index (χ1v) is 12.9. The molecule has 3 aromatic carbocycles. The number of carbonyl (C=O) groups is 1. The number of amides is 1. The Morgan fingerprint density at radius 3 is 2.08 bits per heavy atom. The van der Waals surface area contributed by atoms with Crippen molar-refractivity contribution in [2.45, 2.75) is 23.5 Å². The van der Waals surface area contributed by atoms with Crippen molar-refractivity contribution in [3.63, 3.8) is 0 Å². The molecule has 1 aliphatic heterocycles. The molecule has 1 heterocycles. The van der Waals surface area contributed by atoms with E-state index >= 15 is 0 Å². The molecule has 0 radical (unpaired) electrons. The van der Waals surface area contributed by atoms with E-state index in [1.165, 1.54) is 18.2 Å². The van der Waals surface area contributed by atoms with Crippen LogP contribution in [-0.4, -0.2) is 51.4 Å². The second-order valence-corrected chi connectivity index (χ2v) is 10.3. The van der Waals surface area contributed by atoms with Crippen molar-refractivity contribution in [1.82, 2.24) is 9.62 Å². The second-order valence-electron chi connectivity index (χ2n) is 8.54. The molecule has 0 aromatic heterocycles. The molecule has 190 valence electrons. The van der Waals surface area contributed by atoms with Crippen molar-refractivity contribution in [1.29, 1.82) is 0 Å². The quantitative estimate of drug-likeness (QED) is 0.516. The summed E-state index contributed by atoms with van der Waals surface area (Å²) in [6.45, 7) is 1.17. The third-order valence-corrected chi connectivity index (χ3v) is 7.55. The minimum absolute atomic E-state index is 0.0604. The van der Waals surface area contributed by atoms with Crippen molar-refractivity contribution >= 4 is 21.6 Å². The molecular formula is C26H26F3N3O3S. The van der Waals surface area contributed by atoms with Crippen molar-refractivity contribution in [3.05, 3.63) is 96.1 Å². The lowest BCUT2D eigenvalue weighted by Crippen LogP contribution is -2.55. The van der Waals surface area contributed by atoms with Crippen LogP contribution < -0.4 is 9.62 Å². The average Bonchev–Trinajstić information content (AvgIpc) is 2.88. The summed E-state index contributed by atoms with van der Waals surface area (Å²) in [6.07, 6.45) is -4.27. The maximum absolute atomic E-state index is 13.5. The Morgan fingerprint density at radius 2 is 1.47 bits per heavy atom. The Balaban J connectivity index is 1.49. The Kier molecular flexibility index (Phi) is 7.65. The van der Waals surface area contributed by atoms with Gasteiger partial charge in [0.15, 0.2) is 0 Å². The number of nitrogens with zero attached hydrogens (tertiary/aromatic N) is 2. The number of hydrogen-bond donors (Lipinski definition) is 1. The van der Waals surface area contributed by atoms with Crippen LogP contribution in [-0.2, 0) is 27.4 Å².